The summed E-state index contributed by atoms with van der Waals surface area (Å²) >= 11 is 0. The molecule has 2 aliphatic rings. The number of hydrogen-bond acceptors (Lipinski definition) is 4. The number of nitrogens with two attached hydrogens (primary N) is 1. The van der Waals surface area contributed by atoms with Crippen LogP contribution < -0.4 is 11.1 Å². The van der Waals surface area contributed by atoms with Gasteiger partial charge in [-0.05, 0) is 32.4 Å². The van der Waals surface area contributed by atoms with Crippen molar-refractivity contribution in [1.82, 2.24) is 10.2 Å². The molecule has 144 valence electrons. The van der Waals surface area contributed by atoms with Crippen LogP contribution in [0.5, 0.6) is 0 Å². The number of nitrogens with one attached hydrogen (secondary N) is 1. The highest BCUT2D eigenvalue weighted by Gasteiger charge is 2.70. The van der Waals surface area contributed by atoms with Crippen LogP contribution in [-0.2, 0) is 9.53 Å². The van der Waals surface area contributed by atoms with E-state index in [4.69, 9.17) is 10.5 Å². The van der Waals surface area contributed by atoms with Gasteiger partial charge < -0.3 is 20.7 Å². The molecule has 1 saturated carbocycles. The van der Waals surface area contributed by atoms with E-state index in [1.165, 1.54) is 0 Å². The van der Waals surface area contributed by atoms with Crippen molar-refractivity contribution in [2.75, 3.05) is 32.8 Å². The van der Waals surface area contributed by atoms with Crippen LogP contribution in [0.3, 0.4) is 0 Å². The van der Waals surface area contributed by atoms with Crippen molar-refractivity contribution in [2.45, 2.75) is 58.6 Å². The minimum atomic E-state index is -0.792. The molecule has 7 heteroatoms. The zero-order chi connectivity index (χ0) is 16.4. The van der Waals surface area contributed by atoms with Crippen molar-refractivity contribution in [1.29, 1.82) is 0 Å². The molecule has 1 saturated heterocycles. The first-order chi connectivity index (χ1) is 10.4. The molecular formula is C17H35Cl2N3O2. The third kappa shape index (κ3) is 4.01. The number of amides is 1. The third-order valence-corrected chi connectivity index (χ3v) is 5.76. The Labute approximate surface area is 159 Å². The standard InChI is InChI=1S/C17H33N3O2.2ClH/c1-5-10-20(6-2)11-9-19-15(21)17(18)13-8-7-12-22-14(13)16(17,3)4;;/h13-14H,5-12,18H2,1-4H3,(H,19,21);2*1H. The van der Waals surface area contributed by atoms with Gasteiger partial charge in [0.1, 0.15) is 5.54 Å². The van der Waals surface area contributed by atoms with E-state index >= 15 is 0 Å². The van der Waals surface area contributed by atoms with Crippen LogP contribution in [0.15, 0.2) is 0 Å². The Morgan fingerprint density at radius 3 is 2.54 bits per heavy atom. The van der Waals surface area contributed by atoms with E-state index < -0.39 is 5.54 Å². The molecule has 0 radical (unpaired) electrons. The number of carbonyl (C=O) groups excluding carboxylic acids is 1. The van der Waals surface area contributed by atoms with Crippen LogP contribution in [0.1, 0.15) is 47.0 Å². The molecule has 0 aromatic rings. The van der Waals surface area contributed by atoms with Gasteiger partial charge in [-0.25, -0.2) is 0 Å². The molecule has 1 amide bonds. The fourth-order valence-corrected chi connectivity index (χ4v) is 4.25. The fraction of sp³-hybridized carbons (Fsp3) is 0.941. The average molecular weight is 384 g/mol. The summed E-state index contributed by atoms with van der Waals surface area (Å²) in [5.74, 6) is 0.158. The van der Waals surface area contributed by atoms with E-state index in [0.717, 1.165) is 45.5 Å². The number of likely N-dealkylation sites (N-methyl/N-ethyl adjacent to an activating group) is 1. The number of fused-ring (bicyclic) bond motifs is 1. The summed E-state index contributed by atoms with van der Waals surface area (Å²) in [4.78, 5) is 15.1. The number of rotatable bonds is 7. The molecular weight excluding hydrogens is 349 g/mol. The molecule has 3 unspecified atom stereocenters. The molecule has 0 aromatic heterocycles. The molecule has 0 aromatic carbocycles. The lowest BCUT2D eigenvalue weighted by Crippen LogP contribution is -2.82. The maximum absolute atomic E-state index is 12.7. The highest BCUT2D eigenvalue weighted by atomic mass is 35.5. The highest BCUT2D eigenvalue weighted by molar-refractivity contribution is 5.89. The largest absolute Gasteiger partial charge is 0.377 e. The summed E-state index contributed by atoms with van der Waals surface area (Å²) < 4.78 is 5.86. The lowest BCUT2D eigenvalue weighted by molar-refractivity contribution is -0.225. The summed E-state index contributed by atoms with van der Waals surface area (Å²) in [5.41, 5.74) is 5.49. The normalized spacial score (nSPS) is 30.4. The van der Waals surface area contributed by atoms with Crippen molar-refractivity contribution in [3.63, 3.8) is 0 Å². The van der Waals surface area contributed by atoms with Gasteiger partial charge in [0.05, 0.1) is 6.10 Å². The number of hydrogen-bond donors (Lipinski definition) is 2. The zero-order valence-corrected chi connectivity index (χ0v) is 17.1. The Hall–Kier alpha value is -0.0700. The van der Waals surface area contributed by atoms with Crippen molar-refractivity contribution in [3.8, 4) is 0 Å². The maximum atomic E-state index is 12.7. The molecule has 3 atom stereocenters. The Morgan fingerprint density at radius 2 is 1.96 bits per heavy atom. The van der Waals surface area contributed by atoms with E-state index in [1.54, 1.807) is 0 Å². The molecule has 0 spiro atoms. The number of halogens is 2. The van der Waals surface area contributed by atoms with Gasteiger partial charge in [0, 0.05) is 31.0 Å². The van der Waals surface area contributed by atoms with Gasteiger partial charge in [-0.3, -0.25) is 4.79 Å². The van der Waals surface area contributed by atoms with Crippen LogP contribution in [0.25, 0.3) is 0 Å². The van der Waals surface area contributed by atoms with E-state index in [0.29, 0.717) is 6.54 Å². The van der Waals surface area contributed by atoms with E-state index in [2.05, 4.69) is 37.9 Å². The fourth-order valence-electron chi connectivity index (χ4n) is 4.25. The van der Waals surface area contributed by atoms with Crippen LogP contribution >= 0.6 is 24.8 Å². The Bertz CT molecular complexity index is 409. The number of carbonyl (C=O) groups is 1. The second kappa shape index (κ2) is 9.58. The molecule has 5 nitrogen and oxygen atoms in total. The molecule has 2 fully saturated rings. The Balaban J connectivity index is 0.00000264. The topological polar surface area (TPSA) is 67.6 Å². The summed E-state index contributed by atoms with van der Waals surface area (Å²) in [5, 5.41) is 3.08. The predicted molar refractivity (Wildman–Crippen MR) is 103 cm³/mol. The molecule has 24 heavy (non-hydrogen) atoms. The second-order valence-corrected chi connectivity index (χ2v) is 7.32. The molecule has 3 N–H and O–H groups in total. The zero-order valence-electron chi connectivity index (χ0n) is 15.5. The first-order valence-corrected chi connectivity index (χ1v) is 8.80. The van der Waals surface area contributed by atoms with Gasteiger partial charge >= 0.3 is 0 Å². The van der Waals surface area contributed by atoms with Crippen LogP contribution in [-0.4, -0.2) is 55.2 Å². The molecule has 1 aliphatic heterocycles. The third-order valence-electron chi connectivity index (χ3n) is 5.76. The number of ether oxygens (including phenoxy) is 1. The molecule has 2 rings (SSSR count). The molecule has 1 heterocycles. The quantitative estimate of drug-likeness (QED) is 0.706. The number of nitrogens with zero attached hydrogens (tertiary/aromatic N) is 1. The van der Waals surface area contributed by atoms with Crippen molar-refractivity contribution in [3.05, 3.63) is 0 Å². The smallest absolute Gasteiger partial charge is 0.241 e. The Kier molecular flexibility index (Phi) is 9.55. The average Bonchev–Trinajstić information content (AvgIpc) is 2.52. The van der Waals surface area contributed by atoms with Gasteiger partial charge in [0.25, 0.3) is 0 Å². The minimum Gasteiger partial charge on any atom is -0.377 e. The first-order valence-electron chi connectivity index (χ1n) is 8.80. The predicted octanol–water partition coefficient (Wildman–Crippen LogP) is 2.21. The van der Waals surface area contributed by atoms with Crippen LogP contribution in [0.4, 0.5) is 0 Å². The first kappa shape index (κ1) is 23.9. The summed E-state index contributed by atoms with van der Waals surface area (Å²) in [6.07, 6.45) is 3.26. The van der Waals surface area contributed by atoms with Gasteiger partial charge in [0.2, 0.25) is 5.91 Å². The van der Waals surface area contributed by atoms with Crippen LogP contribution in [0, 0.1) is 11.3 Å². The minimum absolute atomic E-state index is 0. The van der Waals surface area contributed by atoms with Gasteiger partial charge in [-0.1, -0.05) is 27.7 Å². The van der Waals surface area contributed by atoms with E-state index in [9.17, 15) is 4.79 Å². The van der Waals surface area contributed by atoms with Crippen molar-refractivity contribution >= 4 is 30.7 Å². The van der Waals surface area contributed by atoms with Crippen LogP contribution in [0.2, 0.25) is 0 Å². The summed E-state index contributed by atoms with van der Waals surface area (Å²) in [7, 11) is 0. The SMILES string of the molecule is CCCN(CC)CCNC(=O)C1(N)C2CCCOC2C1(C)C.Cl.Cl. The monoisotopic (exact) mass is 383 g/mol. The second-order valence-electron chi connectivity index (χ2n) is 7.32. The highest BCUT2D eigenvalue weighted by Crippen LogP contribution is 2.57. The summed E-state index contributed by atoms with van der Waals surface area (Å²) in [6, 6.07) is 0. The lowest BCUT2D eigenvalue weighted by Gasteiger charge is -2.65. The van der Waals surface area contributed by atoms with Gasteiger partial charge in [-0.2, -0.15) is 0 Å². The molecule has 0 bridgehead atoms. The molecule has 1 aliphatic carbocycles. The van der Waals surface area contributed by atoms with Gasteiger partial charge in [-0.15, -0.1) is 24.8 Å². The lowest BCUT2D eigenvalue weighted by atomic mass is 9.46. The maximum Gasteiger partial charge on any atom is 0.241 e. The van der Waals surface area contributed by atoms with E-state index in [1.807, 2.05) is 0 Å². The summed E-state index contributed by atoms with van der Waals surface area (Å²) in [6.45, 7) is 12.9. The van der Waals surface area contributed by atoms with E-state index in [-0.39, 0.29) is 48.2 Å². The van der Waals surface area contributed by atoms with Crippen molar-refractivity contribution < 1.29 is 9.53 Å². The van der Waals surface area contributed by atoms with Gasteiger partial charge in [0.15, 0.2) is 0 Å². The Morgan fingerprint density at radius 1 is 1.29 bits per heavy atom. The van der Waals surface area contributed by atoms with Crippen molar-refractivity contribution in [2.24, 2.45) is 17.1 Å².